The van der Waals surface area contributed by atoms with Crippen molar-refractivity contribution in [3.05, 3.63) is 71.5 Å². The van der Waals surface area contributed by atoms with Gasteiger partial charge in [-0.15, -0.1) is 0 Å². The monoisotopic (exact) mass is 340 g/mol. The number of likely N-dealkylation sites (tertiary alicyclic amines) is 1. The number of carbonyl (C=O) groups excluding carboxylic acids is 2. The fraction of sp³-hybridized carbons (Fsp3) is 0.300. The van der Waals surface area contributed by atoms with Gasteiger partial charge >= 0.3 is 0 Å². The maximum Gasteiger partial charge on any atom is 0.251 e. The standard InChI is InChI=1S/C20H21FN2O2/c21-17-10-6-9-16(13-17)18-11-4-5-12-23(18)19(24)14-22-20(25)15-7-2-1-3-8-15/h1-3,6-10,13,18H,4-5,11-12,14H2,(H,22,25)/t18-/m1/s1. The van der Waals surface area contributed by atoms with Crippen molar-refractivity contribution in [2.75, 3.05) is 13.1 Å². The molecule has 1 atom stereocenters. The molecule has 2 aromatic rings. The lowest BCUT2D eigenvalue weighted by Crippen LogP contribution is -2.44. The van der Waals surface area contributed by atoms with Crippen LogP contribution >= 0.6 is 0 Å². The molecule has 0 bridgehead atoms. The van der Waals surface area contributed by atoms with Gasteiger partial charge in [-0.1, -0.05) is 30.3 Å². The molecule has 5 heteroatoms. The van der Waals surface area contributed by atoms with E-state index in [2.05, 4.69) is 5.32 Å². The van der Waals surface area contributed by atoms with E-state index in [4.69, 9.17) is 0 Å². The first-order valence-corrected chi connectivity index (χ1v) is 8.53. The molecule has 1 aliphatic rings. The summed E-state index contributed by atoms with van der Waals surface area (Å²) in [6, 6.07) is 15.1. The van der Waals surface area contributed by atoms with Gasteiger partial charge in [0.25, 0.3) is 5.91 Å². The Hall–Kier alpha value is -2.69. The summed E-state index contributed by atoms with van der Waals surface area (Å²) in [5, 5.41) is 2.68. The van der Waals surface area contributed by atoms with E-state index in [-0.39, 0.29) is 30.2 Å². The minimum Gasteiger partial charge on any atom is -0.343 e. The first-order valence-electron chi connectivity index (χ1n) is 8.53. The molecule has 4 nitrogen and oxygen atoms in total. The molecule has 1 N–H and O–H groups in total. The Morgan fingerprint density at radius 1 is 1.08 bits per heavy atom. The van der Waals surface area contributed by atoms with Crippen molar-refractivity contribution >= 4 is 11.8 Å². The second-order valence-corrected chi connectivity index (χ2v) is 6.20. The second-order valence-electron chi connectivity index (χ2n) is 6.20. The predicted molar refractivity (Wildman–Crippen MR) is 93.5 cm³/mol. The fourth-order valence-corrected chi connectivity index (χ4v) is 3.24. The number of piperidine rings is 1. The van der Waals surface area contributed by atoms with Crippen molar-refractivity contribution in [2.24, 2.45) is 0 Å². The third kappa shape index (κ3) is 4.24. The van der Waals surface area contributed by atoms with Crippen molar-refractivity contribution in [3.8, 4) is 0 Å². The Morgan fingerprint density at radius 2 is 1.88 bits per heavy atom. The minimum atomic E-state index is -0.298. The highest BCUT2D eigenvalue weighted by molar-refractivity contribution is 5.96. The number of benzene rings is 2. The van der Waals surface area contributed by atoms with Crippen molar-refractivity contribution in [1.29, 1.82) is 0 Å². The van der Waals surface area contributed by atoms with Crippen molar-refractivity contribution in [2.45, 2.75) is 25.3 Å². The van der Waals surface area contributed by atoms with E-state index in [0.29, 0.717) is 12.1 Å². The quantitative estimate of drug-likeness (QED) is 0.928. The summed E-state index contributed by atoms with van der Waals surface area (Å²) >= 11 is 0. The average Bonchev–Trinajstić information content (AvgIpc) is 2.66. The molecular formula is C20H21FN2O2. The number of nitrogens with one attached hydrogen (secondary N) is 1. The zero-order valence-corrected chi connectivity index (χ0v) is 14.0. The normalized spacial score (nSPS) is 17.2. The zero-order chi connectivity index (χ0) is 17.6. The van der Waals surface area contributed by atoms with Gasteiger partial charge in [0.2, 0.25) is 5.91 Å². The van der Waals surface area contributed by atoms with Crippen LogP contribution in [0.4, 0.5) is 4.39 Å². The van der Waals surface area contributed by atoms with Crippen LogP contribution in [0, 0.1) is 5.82 Å². The minimum absolute atomic E-state index is 0.0560. The van der Waals surface area contributed by atoms with Crippen LogP contribution in [0.1, 0.15) is 41.2 Å². The van der Waals surface area contributed by atoms with E-state index >= 15 is 0 Å². The Labute approximate surface area is 146 Å². The van der Waals surface area contributed by atoms with E-state index in [9.17, 15) is 14.0 Å². The van der Waals surface area contributed by atoms with Gasteiger partial charge < -0.3 is 10.2 Å². The van der Waals surface area contributed by atoms with Gasteiger partial charge in [-0.2, -0.15) is 0 Å². The van der Waals surface area contributed by atoms with E-state index in [0.717, 1.165) is 24.8 Å². The molecule has 0 unspecified atom stereocenters. The van der Waals surface area contributed by atoms with Gasteiger partial charge in [-0.05, 0) is 49.1 Å². The van der Waals surface area contributed by atoms with Gasteiger partial charge in [-0.3, -0.25) is 9.59 Å². The Kier molecular flexibility index (Phi) is 5.43. The number of nitrogens with zero attached hydrogens (tertiary/aromatic N) is 1. The van der Waals surface area contributed by atoms with Gasteiger partial charge in [0.15, 0.2) is 0 Å². The SMILES string of the molecule is O=C(NCC(=O)N1CCCC[C@@H]1c1cccc(F)c1)c1ccccc1. The maximum absolute atomic E-state index is 13.5. The molecule has 0 aliphatic carbocycles. The molecule has 1 saturated heterocycles. The second kappa shape index (κ2) is 7.92. The summed E-state index contributed by atoms with van der Waals surface area (Å²) < 4.78 is 13.5. The summed E-state index contributed by atoms with van der Waals surface area (Å²) in [5.74, 6) is -0.709. The van der Waals surface area contributed by atoms with Crippen LogP contribution in [0.25, 0.3) is 0 Å². The van der Waals surface area contributed by atoms with E-state index in [1.807, 2.05) is 12.1 Å². The van der Waals surface area contributed by atoms with Crippen LogP contribution in [0.2, 0.25) is 0 Å². The first kappa shape index (κ1) is 17.1. The summed E-state index contributed by atoms with van der Waals surface area (Å²) in [6.07, 6.45) is 2.73. The maximum atomic E-state index is 13.5. The summed E-state index contributed by atoms with van der Waals surface area (Å²) in [5.41, 5.74) is 1.33. The number of halogens is 1. The first-order chi connectivity index (χ1) is 12.1. The van der Waals surface area contributed by atoms with Gasteiger partial charge in [-0.25, -0.2) is 4.39 Å². The van der Waals surface area contributed by atoms with E-state index < -0.39 is 0 Å². The smallest absolute Gasteiger partial charge is 0.251 e. The number of amides is 2. The predicted octanol–water partition coefficient (Wildman–Crippen LogP) is 3.31. The van der Waals surface area contributed by atoms with Crippen LogP contribution in [-0.2, 0) is 4.79 Å². The number of carbonyl (C=O) groups is 2. The topological polar surface area (TPSA) is 49.4 Å². The lowest BCUT2D eigenvalue weighted by Gasteiger charge is -2.36. The fourth-order valence-electron chi connectivity index (χ4n) is 3.24. The Balaban J connectivity index is 1.66. The van der Waals surface area contributed by atoms with Crippen LogP contribution in [-0.4, -0.2) is 29.8 Å². The van der Waals surface area contributed by atoms with Crippen LogP contribution in [0.15, 0.2) is 54.6 Å². The third-order valence-electron chi connectivity index (χ3n) is 4.49. The van der Waals surface area contributed by atoms with Gasteiger partial charge in [0.1, 0.15) is 5.82 Å². The van der Waals surface area contributed by atoms with Crippen molar-refractivity contribution < 1.29 is 14.0 Å². The lowest BCUT2D eigenvalue weighted by molar-refractivity contribution is -0.133. The summed E-state index contributed by atoms with van der Waals surface area (Å²) in [7, 11) is 0. The third-order valence-corrected chi connectivity index (χ3v) is 4.49. The van der Waals surface area contributed by atoms with Crippen LogP contribution < -0.4 is 5.32 Å². The van der Waals surface area contributed by atoms with Crippen molar-refractivity contribution in [1.82, 2.24) is 10.2 Å². The molecule has 0 aromatic heterocycles. The Morgan fingerprint density at radius 3 is 2.64 bits per heavy atom. The molecule has 25 heavy (non-hydrogen) atoms. The summed E-state index contributed by atoms with van der Waals surface area (Å²) in [6.45, 7) is 0.570. The van der Waals surface area contributed by atoms with Gasteiger partial charge in [0.05, 0.1) is 12.6 Å². The molecule has 0 saturated carbocycles. The average molecular weight is 340 g/mol. The highest BCUT2D eigenvalue weighted by Crippen LogP contribution is 2.31. The lowest BCUT2D eigenvalue weighted by atomic mass is 9.95. The molecule has 3 rings (SSSR count). The summed E-state index contributed by atoms with van der Waals surface area (Å²) in [4.78, 5) is 26.5. The Bertz CT molecular complexity index is 748. The van der Waals surface area contributed by atoms with E-state index in [1.165, 1.54) is 12.1 Å². The van der Waals surface area contributed by atoms with E-state index in [1.54, 1.807) is 35.2 Å². The largest absolute Gasteiger partial charge is 0.343 e. The molecule has 1 fully saturated rings. The van der Waals surface area contributed by atoms with Crippen molar-refractivity contribution in [3.63, 3.8) is 0 Å². The molecular weight excluding hydrogens is 319 g/mol. The number of hydrogen-bond donors (Lipinski definition) is 1. The van der Waals surface area contributed by atoms with Crippen LogP contribution in [0.3, 0.4) is 0 Å². The number of hydrogen-bond acceptors (Lipinski definition) is 2. The molecule has 130 valence electrons. The van der Waals surface area contributed by atoms with Crippen LogP contribution in [0.5, 0.6) is 0 Å². The molecule has 1 aliphatic heterocycles. The highest BCUT2D eigenvalue weighted by atomic mass is 19.1. The molecule has 0 spiro atoms. The molecule has 0 radical (unpaired) electrons. The number of rotatable bonds is 4. The zero-order valence-electron chi connectivity index (χ0n) is 14.0. The van der Waals surface area contributed by atoms with Gasteiger partial charge in [0, 0.05) is 12.1 Å². The molecule has 2 aromatic carbocycles. The molecule has 1 heterocycles. The molecule has 2 amide bonds. The highest BCUT2D eigenvalue weighted by Gasteiger charge is 2.28.